The third-order valence-corrected chi connectivity index (χ3v) is 3.82. The number of rotatable bonds is 2. The summed E-state index contributed by atoms with van der Waals surface area (Å²) in [6.45, 7) is 2.80. The number of carbonyl (C=O) groups is 1. The first-order chi connectivity index (χ1) is 9.65. The highest BCUT2D eigenvalue weighted by molar-refractivity contribution is 5.80. The Morgan fingerprint density at radius 3 is 2.75 bits per heavy atom. The molecule has 3 rings (SSSR count). The molecule has 106 valence electrons. The number of aromatic nitrogens is 1. The van der Waals surface area contributed by atoms with E-state index in [2.05, 4.69) is 4.98 Å². The van der Waals surface area contributed by atoms with Gasteiger partial charge in [-0.3, -0.25) is 4.79 Å². The van der Waals surface area contributed by atoms with Crippen LogP contribution in [0, 0.1) is 0 Å². The maximum absolute atomic E-state index is 11.7. The fourth-order valence-corrected chi connectivity index (χ4v) is 2.68. The summed E-state index contributed by atoms with van der Waals surface area (Å²) in [5, 5.41) is 9.33. The highest BCUT2D eigenvalue weighted by atomic mass is 16.3. The molecule has 1 aliphatic heterocycles. The minimum atomic E-state index is -0.920. The van der Waals surface area contributed by atoms with Gasteiger partial charge in [-0.05, 0) is 31.9 Å². The van der Waals surface area contributed by atoms with Crippen molar-refractivity contribution in [3.05, 3.63) is 30.2 Å². The Balaban J connectivity index is 1.70. The monoisotopic (exact) mass is 274 g/mol. The molecule has 0 radical (unpaired) electrons. The molecule has 1 aromatic carbocycles. The van der Waals surface area contributed by atoms with Gasteiger partial charge in [-0.15, -0.1) is 0 Å². The summed E-state index contributed by atoms with van der Waals surface area (Å²) in [5.74, 6) is 0.816. The summed E-state index contributed by atoms with van der Waals surface area (Å²) in [4.78, 5) is 18.0. The van der Waals surface area contributed by atoms with E-state index in [9.17, 15) is 9.90 Å². The third-order valence-electron chi connectivity index (χ3n) is 3.82. The quantitative estimate of drug-likeness (QED) is 0.908. The van der Waals surface area contributed by atoms with Crippen LogP contribution < -0.4 is 0 Å². The molecule has 2 aromatic rings. The fourth-order valence-electron chi connectivity index (χ4n) is 2.68. The van der Waals surface area contributed by atoms with Gasteiger partial charge in [-0.2, -0.15) is 0 Å². The zero-order chi connectivity index (χ0) is 14.1. The van der Waals surface area contributed by atoms with Crippen LogP contribution in [0.2, 0.25) is 0 Å². The first-order valence-corrected chi connectivity index (χ1v) is 6.97. The SMILES string of the molecule is CC(O)C(=O)N1CCC(c2nc3ccccc3o2)CC1. The number of hydrogen-bond donors (Lipinski definition) is 1. The van der Waals surface area contributed by atoms with Crippen molar-refractivity contribution in [2.24, 2.45) is 0 Å². The van der Waals surface area contributed by atoms with Crippen molar-refractivity contribution in [3.63, 3.8) is 0 Å². The second-order valence-corrected chi connectivity index (χ2v) is 5.30. The molecule has 1 N–H and O–H groups in total. The van der Waals surface area contributed by atoms with Crippen molar-refractivity contribution in [1.29, 1.82) is 0 Å². The maximum Gasteiger partial charge on any atom is 0.251 e. The number of piperidine rings is 1. The lowest BCUT2D eigenvalue weighted by Crippen LogP contribution is -2.42. The highest BCUT2D eigenvalue weighted by Gasteiger charge is 2.28. The molecule has 1 fully saturated rings. The van der Waals surface area contributed by atoms with Gasteiger partial charge < -0.3 is 14.4 Å². The summed E-state index contributed by atoms with van der Waals surface area (Å²) in [6, 6.07) is 7.73. The normalized spacial score (nSPS) is 18.4. The van der Waals surface area contributed by atoms with Gasteiger partial charge in [-0.25, -0.2) is 4.98 Å². The number of likely N-dealkylation sites (tertiary alicyclic amines) is 1. The van der Waals surface area contributed by atoms with Gasteiger partial charge in [0.25, 0.3) is 5.91 Å². The highest BCUT2D eigenvalue weighted by Crippen LogP contribution is 2.29. The van der Waals surface area contributed by atoms with Crippen LogP contribution in [0.25, 0.3) is 11.1 Å². The van der Waals surface area contributed by atoms with Crippen molar-refractivity contribution in [1.82, 2.24) is 9.88 Å². The molecule has 1 unspecified atom stereocenters. The van der Waals surface area contributed by atoms with Gasteiger partial charge in [0.05, 0.1) is 0 Å². The molecule has 0 bridgehead atoms. The summed E-state index contributed by atoms with van der Waals surface area (Å²) in [5.41, 5.74) is 1.69. The van der Waals surface area contributed by atoms with E-state index in [0.29, 0.717) is 13.1 Å². The van der Waals surface area contributed by atoms with Crippen LogP contribution >= 0.6 is 0 Å². The second kappa shape index (κ2) is 5.25. The summed E-state index contributed by atoms with van der Waals surface area (Å²) in [7, 11) is 0. The summed E-state index contributed by atoms with van der Waals surface area (Å²) >= 11 is 0. The van der Waals surface area contributed by atoms with Crippen LogP contribution in [-0.2, 0) is 4.79 Å². The Kier molecular flexibility index (Phi) is 3.44. The second-order valence-electron chi connectivity index (χ2n) is 5.30. The summed E-state index contributed by atoms with van der Waals surface area (Å²) in [6.07, 6.45) is 0.729. The minimum absolute atomic E-state index is 0.194. The van der Waals surface area contributed by atoms with Gasteiger partial charge in [0.2, 0.25) is 0 Å². The van der Waals surface area contributed by atoms with E-state index in [1.165, 1.54) is 6.92 Å². The number of fused-ring (bicyclic) bond motifs is 1. The number of carbonyl (C=O) groups excluding carboxylic acids is 1. The Morgan fingerprint density at radius 1 is 1.40 bits per heavy atom. The lowest BCUT2D eigenvalue weighted by atomic mass is 9.96. The van der Waals surface area contributed by atoms with E-state index >= 15 is 0 Å². The molecule has 0 aliphatic carbocycles. The Morgan fingerprint density at radius 2 is 2.10 bits per heavy atom. The van der Waals surface area contributed by atoms with Gasteiger partial charge in [0.1, 0.15) is 11.6 Å². The molecule has 5 nitrogen and oxygen atoms in total. The molecular formula is C15H18N2O3. The standard InChI is InChI=1S/C15H18N2O3/c1-10(18)15(19)17-8-6-11(7-9-17)14-16-12-4-2-3-5-13(12)20-14/h2-5,10-11,18H,6-9H2,1H3. The molecule has 0 spiro atoms. The summed E-state index contributed by atoms with van der Waals surface area (Å²) < 4.78 is 5.79. The van der Waals surface area contributed by atoms with Crippen molar-refractivity contribution < 1.29 is 14.3 Å². The predicted octanol–water partition coefficient (Wildman–Crippen LogP) is 1.91. The average molecular weight is 274 g/mol. The van der Waals surface area contributed by atoms with Crippen molar-refractivity contribution in [2.75, 3.05) is 13.1 Å². The first-order valence-electron chi connectivity index (χ1n) is 6.97. The number of nitrogens with zero attached hydrogens (tertiary/aromatic N) is 2. The van der Waals surface area contributed by atoms with Crippen molar-refractivity contribution >= 4 is 17.0 Å². The molecule has 20 heavy (non-hydrogen) atoms. The molecule has 2 heterocycles. The maximum atomic E-state index is 11.7. The first kappa shape index (κ1) is 13.1. The van der Waals surface area contributed by atoms with Gasteiger partial charge >= 0.3 is 0 Å². The molecule has 1 saturated heterocycles. The Hall–Kier alpha value is -1.88. The van der Waals surface area contributed by atoms with Gasteiger partial charge in [0.15, 0.2) is 11.5 Å². The van der Waals surface area contributed by atoms with Crippen molar-refractivity contribution in [2.45, 2.75) is 31.8 Å². The van der Waals surface area contributed by atoms with Crippen molar-refractivity contribution in [3.8, 4) is 0 Å². The molecule has 1 aliphatic rings. The molecule has 0 saturated carbocycles. The van der Waals surface area contributed by atoms with E-state index < -0.39 is 6.10 Å². The van der Waals surface area contributed by atoms with Crippen LogP contribution in [0.3, 0.4) is 0 Å². The zero-order valence-corrected chi connectivity index (χ0v) is 11.5. The third kappa shape index (κ3) is 2.41. The van der Waals surface area contributed by atoms with E-state index in [0.717, 1.165) is 29.8 Å². The van der Waals surface area contributed by atoms with Crippen LogP contribution in [0.4, 0.5) is 0 Å². The number of oxazole rings is 1. The largest absolute Gasteiger partial charge is 0.440 e. The lowest BCUT2D eigenvalue weighted by Gasteiger charge is -2.31. The molecule has 1 atom stereocenters. The topological polar surface area (TPSA) is 66.6 Å². The minimum Gasteiger partial charge on any atom is -0.440 e. The number of para-hydroxylation sites is 2. The van der Waals surface area contributed by atoms with Crippen LogP contribution in [0.1, 0.15) is 31.6 Å². The zero-order valence-electron chi connectivity index (χ0n) is 11.5. The number of aliphatic hydroxyl groups excluding tert-OH is 1. The number of hydrogen-bond acceptors (Lipinski definition) is 4. The van der Waals surface area contributed by atoms with E-state index in [1.54, 1.807) is 4.90 Å². The van der Waals surface area contributed by atoms with Gasteiger partial charge in [-0.1, -0.05) is 12.1 Å². The van der Waals surface area contributed by atoms with E-state index in [-0.39, 0.29) is 11.8 Å². The Bertz CT molecular complexity index is 579. The number of aliphatic hydroxyl groups is 1. The number of benzene rings is 1. The van der Waals surface area contributed by atoms with E-state index in [4.69, 9.17) is 4.42 Å². The van der Waals surface area contributed by atoms with Gasteiger partial charge in [0, 0.05) is 19.0 Å². The van der Waals surface area contributed by atoms with Crippen LogP contribution in [0.15, 0.2) is 28.7 Å². The van der Waals surface area contributed by atoms with E-state index in [1.807, 2.05) is 24.3 Å². The molecule has 1 aromatic heterocycles. The van der Waals surface area contributed by atoms with Crippen LogP contribution in [0.5, 0.6) is 0 Å². The fraction of sp³-hybridized carbons (Fsp3) is 0.467. The Labute approximate surface area is 117 Å². The molecule has 5 heteroatoms. The predicted molar refractivity (Wildman–Crippen MR) is 74.2 cm³/mol. The smallest absolute Gasteiger partial charge is 0.251 e. The molecular weight excluding hydrogens is 256 g/mol. The lowest BCUT2D eigenvalue weighted by molar-refractivity contribution is -0.140. The number of amides is 1. The average Bonchev–Trinajstić information content (AvgIpc) is 2.90. The molecule has 1 amide bonds. The van der Waals surface area contributed by atoms with Crippen LogP contribution in [-0.4, -0.2) is 40.1 Å².